The predicted octanol–water partition coefficient (Wildman–Crippen LogP) is 7.30. The summed E-state index contributed by atoms with van der Waals surface area (Å²) in [4.78, 5) is 3.75. The molecule has 0 N–H and O–H groups in total. The smallest absolute Gasteiger partial charge is 0.123 e. The van der Waals surface area contributed by atoms with Gasteiger partial charge in [-0.05, 0) is 80.2 Å². The van der Waals surface area contributed by atoms with Crippen molar-refractivity contribution < 1.29 is 4.74 Å². The molecule has 1 aliphatic heterocycles. The molecule has 1 aliphatic rings. The zero-order valence-corrected chi connectivity index (χ0v) is 20.7. The van der Waals surface area contributed by atoms with Gasteiger partial charge in [-0.3, -0.25) is 0 Å². The minimum absolute atomic E-state index is 0.760. The third-order valence-corrected chi connectivity index (χ3v) is 7.15. The molecule has 174 valence electrons. The Bertz CT molecular complexity index is 961. The second-order valence-corrected chi connectivity index (χ2v) is 10.1. The summed E-state index contributed by atoms with van der Waals surface area (Å²) in [6.07, 6.45) is 5.13. The van der Waals surface area contributed by atoms with Gasteiger partial charge in [0.2, 0.25) is 0 Å². The molecule has 0 aliphatic carbocycles. The topological polar surface area (TPSA) is 15.7 Å². The van der Waals surface area contributed by atoms with E-state index in [2.05, 4.69) is 75.9 Å². The Labute approximate surface area is 207 Å². The first-order valence-corrected chi connectivity index (χ1v) is 13.1. The highest BCUT2D eigenvalue weighted by Gasteiger charge is 2.14. The first-order valence-electron chi connectivity index (χ1n) is 11.9. The summed E-state index contributed by atoms with van der Waals surface area (Å²) in [6.45, 7) is 6.02. The summed E-state index contributed by atoms with van der Waals surface area (Å²) in [5, 5.41) is 0.761. The number of likely N-dealkylation sites (tertiary alicyclic amines) is 1. The third kappa shape index (κ3) is 8.08. The summed E-state index contributed by atoms with van der Waals surface area (Å²) >= 11 is 7.85. The Hall–Kier alpha value is -1.98. The van der Waals surface area contributed by atoms with Crippen molar-refractivity contribution in [3.05, 3.63) is 95.0 Å². The third-order valence-electron chi connectivity index (χ3n) is 5.89. The first kappa shape index (κ1) is 24.2. The van der Waals surface area contributed by atoms with Gasteiger partial charge in [-0.25, -0.2) is 4.31 Å². The largest absolute Gasteiger partial charge is 0.493 e. The highest BCUT2D eigenvalue weighted by Crippen LogP contribution is 2.30. The van der Waals surface area contributed by atoms with Crippen LogP contribution in [0.3, 0.4) is 0 Å². The van der Waals surface area contributed by atoms with Gasteiger partial charge in [0.15, 0.2) is 0 Å². The van der Waals surface area contributed by atoms with E-state index in [0.29, 0.717) is 0 Å². The molecule has 3 aromatic carbocycles. The lowest BCUT2D eigenvalue weighted by atomic mass is 10.1. The molecule has 1 saturated heterocycles. The second kappa shape index (κ2) is 13.0. The molecule has 0 bridgehead atoms. The van der Waals surface area contributed by atoms with Crippen LogP contribution >= 0.6 is 23.5 Å². The van der Waals surface area contributed by atoms with Gasteiger partial charge >= 0.3 is 0 Å². The molecule has 0 saturated carbocycles. The molecule has 0 atom stereocenters. The van der Waals surface area contributed by atoms with Crippen LogP contribution in [0.2, 0.25) is 5.02 Å². The number of rotatable bonds is 11. The number of hydrogen-bond donors (Lipinski definition) is 0. The van der Waals surface area contributed by atoms with Crippen molar-refractivity contribution in [1.82, 2.24) is 9.21 Å². The SMILES string of the molecule is Clc1ccc(SN(Cc2ccccc2)Cc2ccccc2OCCCN2CCCCC2)cc1. The molecule has 4 rings (SSSR count). The highest BCUT2D eigenvalue weighted by atomic mass is 35.5. The molecule has 0 amide bonds. The van der Waals surface area contributed by atoms with Crippen molar-refractivity contribution >= 4 is 23.5 Å². The predicted molar refractivity (Wildman–Crippen MR) is 140 cm³/mol. The molecule has 0 unspecified atom stereocenters. The summed E-state index contributed by atoms with van der Waals surface area (Å²) in [5.74, 6) is 0.992. The van der Waals surface area contributed by atoms with Gasteiger partial charge < -0.3 is 9.64 Å². The average molecular weight is 481 g/mol. The monoisotopic (exact) mass is 480 g/mol. The Balaban J connectivity index is 1.39. The lowest BCUT2D eigenvalue weighted by Gasteiger charge is -2.26. The van der Waals surface area contributed by atoms with E-state index in [1.54, 1.807) is 11.9 Å². The minimum atomic E-state index is 0.760. The van der Waals surface area contributed by atoms with Gasteiger partial charge in [-0.1, -0.05) is 66.6 Å². The number of nitrogens with zero attached hydrogens (tertiary/aromatic N) is 2. The fourth-order valence-electron chi connectivity index (χ4n) is 4.17. The average Bonchev–Trinajstić information content (AvgIpc) is 2.85. The van der Waals surface area contributed by atoms with Crippen molar-refractivity contribution in [3.8, 4) is 5.75 Å². The summed E-state index contributed by atoms with van der Waals surface area (Å²) < 4.78 is 8.65. The fraction of sp³-hybridized carbons (Fsp3) is 0.357. The van der Waals surface area contributed by atoms with Crippen LogP contribution in [0.1, 0.15) is 36.8 Å². The summed E-state index contributed by atoms with van der Waals surface area (Å²) in [6, 6.07) is 27.1. The Kier molecular flexibility index (Phi) is 9.55. The minimum Gasteiger partial charge on any atom is -0.493 e. The molecule has 33 heavy (non-hydrogen) atoms. The van der Waals surface area contributed by atoms with Crippen LogP contribution in [0.25, 0.3) is 0 Å². The molecule has 3 nitrogen and oxygen atoms in total. The van der Waals surface area contributed by atoms with E-state index in [4.69, 9.17) is 16.3 Å². The van der Waals surface area contributed by atoms with Gasteiger partial charge in [0.05, 0.1) is 6.61 Å². The van der Waals surface area contributed by atoms with Crippen LogP contribution in [0.5, 0.6) is 5.75 Å². The molecule has 3 aromatic rings. The molecule has 1 heterocycles. The quantitative estimate of drug-likeness (QED) is 0.211. The number of benzene rings is 3. The zero-order chi connectivity index (χ0) is 22.7. The summed E-state index contributed by atoms with van der Waals surface area (Å²) in [5.41, 5.74) is 2.51. The first-order chi connectivity index (χ1) is 16.3. The fourth-order valence-corrected chi connectivity index (χ4v) is 5.27. The van der Waals surface area contributed by atoms with Crippen molar-refractivity contribution in [1.29, 1.82) is 0 Å². The number of ether oxygens (including phenoxy) is 1. The van der Waals surface area contributed by atoms with E-state index in [9.17, 15) is 0 Å². The van der Waals surface area contributed by atoms with Crippen LogP contribution in [0.4, 0.5) is 0 Å². The molecular formula is C28H33ClN2OS. The van der Waals surface area contributed by atoms with Gasteiger partial charge in [-0.2, -0.15) is 0 Å². The number of piperidine rings is 1. The van der Waals surface area contributed by atoms with Crippen molar-refractivity contribution in [3.63, 3.8) is 0 Å². The lowest BCUT2D eigenvalue weighted by Crippen LogP contribution is -2.31. The number of hydrogen-bond acceptors (Lipinski definition) is 4. The maximum Gasteiger partial charge on any atom is 0.123 e. The molecular weight excluding hydrogens is 448 g/mol. The molecule has 5 heteroatoms. The molecule has 0 radical (unpaired) electrons. The Morgan fingerprint density at radius 3 is 2.33 bits per heavy atom. The standard InChI is InChI=1S/C28H33ClN2OS/c29-26-14-16-27(17-15-26)33-31(22-24-10-3-1-4-11-24)23-25-12-5-6-13-28(25)32-21-9-20-30-18-7-2-8-19-30/h1,3-6,10-17H,2,7-9,18-23H2. The van der Waals surface area contributed by atoms with Gasteiger partial charge in [0, 0.05) is 35.1 Å². The highest BCUT2D eigenvalue weighted by molar-refractivity contribution is 7.97. The van der Waals surface area contributed by atoms with Gasteiger partial charge in [0.25, 0.3) is 0 Å². The zero-order valence-electron chi connectivity index (χ0n) is 19.2. The molecule has 0 aromatic heterocycles. The summed E-state index contributed by atoms with van der Waals surface area (Å²) in [7, 11) is 0. The van der Waals surface area contributed by atoms with E-state index in [0.717, 1.165) is 43.4 Å². The van der Waals surface area contributed by atoms with E-state index in [-0.39, 0.29) is 0 Å². The number of halogens is 1. The van der Waals surface area contributed by atoms with Gasteiger partial charge in [0.1, 0.15) is 5.75 Å². The number of para-hydroxylation sites is 1. The van der Waals surface area contributed by atoms with Crippen molar-refractivity contribution in [2.45, 2.75) is 43.7 Å². The van der Waals surface area contributed by atoms with Crippen LogP contribution in [0.15, 0.2) is 83.8 Å². The van der Waals surface area contributed by atoms with Crippen LogP contribution in [0, 0.1) is 0 Å². The molecule has 1 fully saturated rings. The van der Waals surface area contributed by atoms with Crippen LogP contribution < -0.4 is 4.74 Å². The van der Waals surface area contributed by atoms with Crippen molar-refractivity contribution in [2.75, 3.05) is 26.2 Å². The van der Waals surface area contributed by atoms with Crippen molar-refractivity contribution in [2.24, 2.45) is 0 Å². The normalized spacial score (nSPS) is 14.5. The van der Waals surface area contributed by atoms with E-state index in [1.807, 2.05) is 12.1 Å². The van der Waals surface area contributed by atoms with E-state index < -0.39 is 0 Å². The second-order valence-electron chi connectivity index (χ2n) is 8.54. The lowest BCUT2D eigenvalue weighted by molar-refractivity contribution is 0.204. The van der Waals surface area contributed by atoms with Gasteiger partial charge in [-0.15, -0.1) is 0 Å². The Morgan fingerprint density at radius 2 is 1.55 bits per heavy atom. The van der Waals surface area contributed by atoms with E-state index >= 15 is 0 Å². The van der Waals surface area contributed by atoms with Crippen LogP contribution in [-0.2, 0) is 13.1 Å². The Morgan fingerprint density at radius 1 is 0.818 bits per heavy atom. The maximum absolute atomic E-state index is 6.27. The molecule has 0 spiro atoms. The van der Waals surface area contributed by atoms with E-state index in [1.165, 1.54) is 48.4 Å². The van der Waals surface area contributed by atoms with Crippen LogP contribution in [-0.4, -0.2) is 35.4 Å². The maximum atomic E-state index is 6.27.